The molecule has 0 amide bonds. The van der Waals surface area contributed by atoms with E-state index in [1.165, 1.54) is 0 Å². The lowest BCUT2D eigenvalue weighted by atomic mass is 10.2. The minimum Gasteiger partial charge on any atom is -0.317 e. The normalized spacial score (nSPS) is 10.3. The van der Waals surface area contributed by atoms with Gasteiger partial charge in [-0.3, -0.25) is 0 Å². The van der Waals surface area contributed by atoms with Gasteiger partial charge in [0, 0.05) is 1.43 Å². The molecule has 1 heteroatoms. The molecule has 0 spiro atoms. The molecule has 0 aliphatic heterocycles. The van der Waals surface area contributed by atoms with Gasteiger partial charge in [0.2, 0.25) is 0 Å². The van der Waals surface area contributed by atoms with Gasteiger partial charge in [0.05, 0.1) is 0 Å². The van der Waals surface area contributed by atoms with E-state index < -0.39 is 0 Å². The average molecular weight is 103 g/mol. The van der Waals surface area contributed by atoms with Gasteiger partial charge >= 0.3 is 0 Å². The fraction of sp³-hybridized carbons (Fsp3) is 1.00. The molecule has 0 heterocycles. The van der Waals surface area contributed by atoms with Crippen molar-refractivity contribution < 1.29 is 1.43 Å². The maximum atomic E-state index is 3.25. The Morgan fingerprint density at radius 2 is 2.14 bits per heavy atom. The van der Waals surface area contributed by atoms with E-state index in [0.29, 0.717) is 0 Å². The van der Waals surface area contributed by atoms with Gasteiger partial charge < -0.3 is 5.32 Å². The van der Waals surface area contributed by atoms with Crippen LogP contribution in [0.2, 0.25) is 0 Å². The Bertz CT molecular complexity index is 37.5. The van der Waals surface area contributed by atoms with Crippen LogP contribution in [0.3, 0.4) is 0 Å². The first-order valence-corrected chi connectivity index (χ1v) is 2.98. The Morgan fingerprint density at radius 1 is 1.57 bits per heavy atom. The zero-order valence-electron chi connectivity index (χ0n) is 5.49. The van der Waals surface area contributed by atoms with E-state index in [1.54, 1.807) is 0 Å². The molecule has 7 heavy (non-hydrogen) atoms. The summed E-state index contributed by atoms with van der Waals surface area (Å²) in [7, 11) is 0. The summed E-state index contributed by atoms with van der Waals surface area (Å²) in [5.74, 6) is 0.792. The van der Waals surface area contributed by atoms with Gasteiger partial charge in [-0.1, -0.05) is 20.8 Å². The second-order valence-electron chi connectivity index (χ2n) is 2.20. The minimum absolute atomic E-state index is 0. The van der Waals surface area contributed by atoms with Crippen LogP contribution in [0.15, 0.2) is 0 Å². The number of hydrogen-bond acceptors (Lipinski definition) is 1. The second-order valence-corrected chi connectivity index (χ2v) is 2.20. The maximum Gasteiger partial charge on any atom is 0 e. The third-order valence-electron chi connectivity index (χ3n) is 0.803. The molecule has 0 unspecified atom stereocenters. The maximum absolute atomic E-state index is 3.25. The molecule has 0 radical (unpaired) electrons. The van der Waals surface area contributed by atoms with E-state index >= 15 is 0 Å². The number of rotatable bonds is 3. The molecule has 1 nitrogen and oxygen atoms in total. The fourth-order valence-corrected chi connectivity index (χ4v) is 0.433. The molecule has 0 aromatic heterocycles. The van der Waals surface area contributed by atoms with E-state index in [9.17, 15) is 0 Å². The van der Waals surface area contributed by atoms with Crippen molar-refractivity contribution in [1.82, 2.24) is 5.32 Å². The van der Waals surface area contributed by atoms with Crippen LogP contribution in [0.1, 0.15) is 22.2 Å². The highest BCUT2D eigenvalue weighted by atomic mass is 14.8. The van der Waals surface area contributed by atoms with E-state index in [0.717, 1.165) is 19.0 Å². The van der Waals surface area contributed by atoms with Crippen LogP contribution in [0.25, 0.3) is 0 Å². The first kappa shape index (κ1) is 6.96. The van der Waals surface area contributed by atoms with E-state index in [-0.39, 0.29) is 1.43 Å². The molecule has 1 N–H and O–H groups in total. The number of nitrogens with one attached hydrogen (secondary N) is 1. The zero-order valence-corrected chi connectivity index (χ0v) is 5.49. The Labute approximate surface area is 47.6 Å². The van der Waals surface area contributed by atoms with Crippen molar-refractivity contribution in [3.05, 3.63) is 0 Å². The third kappa shape index (κ3) is 5.96. The Morgan fingerprint density at radius 3 is 2.29 bits per heavy atom. The third-order valence-corrected chi connectivity index (χ3v) is 0.803. The average Bonchev–Trinajstić information content (AvgIpc) is 1.61. The van der Waals surface area contributed by atoms with Crippen LogP contribution in [0.4, 0.5) is 0 Å². The molecular weight excluding hydrogens is 86.1 g/mol. The van der Waals surface area contributed by atoms with Crippen molar-refractivity contribution in [2.45, 2.75) is 20.8 Å². The van der Waals surface area contributed by atoms with E-state index in [1.807, 2.05) is 0 Å². The lowest BCUT2D eigenvalue weighted by Crippen LogP contribution is -2.18. The molecule has 46 valence electrons. The van der Waals surface area contributed by atoms with Crippen molar-refractivity contribution in [1.29, 1.82) is 0 Å². The first-order chi connectivity index (χ1) is 3.27. The predicted octanol–water partition coefficient (Wildman–Crippen LogP) is 1.50. The minimum atomic E-state index is 0. The van der Waals surface area contributed by atoms with Gasteiger partial charge in [-0.05, 0) is 19.0 Å². The molecule has 0 fully saturated rings. The van der Waals surface area contributed by atoms with Gasteiger partial charge in [0.25, 0.3) is 0 Å². The summed E-state index contributed by atoms with van der Waals surface area (Å²) in [5.41, 5.74) is 0. The van der Waals surface area contributed by atoms with E-state index in [2.05, 4.69) is 26.1 Å². The van der Waals surface area contributed by atoms with Gasteiger partial charge in [-0.15, -0.1) is 0 Å². The van der Waals surface area contributed by atoms with Crippen LogP contribution in [-0.4, -0.2) is 13.1 Å². The summed E-state index contributed by atoms with van der Waals surface area (Å²) < 4.78 is 0. The summed E-state index contributed by atoms with van der Waals surface area (Å²) in [4.78, 5) is 0. The number of hydrogen-bond donors (Lipinski definition) is 1. The summed E-state index contributed by atoms with van der Waals surface area (Å²) in [6, 6.07) is 0. The predicted molar refractivity (Wildman–Crippen MR) is 35.5 cm³/mol. The van der Waals surface area contributed by atoms with E-state index in [4.69, 9.17) is 0 Å². The standard InChI is InChI=1S/C6H15N.H2/c1-4-7-5-6(2)3;/h6-7H,4-5H2,1-3H3;1H. The first-order valence-electron chi connectivity index (χ1n) is 2.98. The highest BCUT2D eigenvalue weighted by Crippen LogP contribution is 1.84. The quantitative estimate of drug-likeness (QED) is 0.570. The summed E-state index contributed by atoms with van der Waals surface area (Å²) in [6.07, 6.45) is 0. The molecule has 0 saturated heterocycles. The fourth-order valence-electron chi connectivity index (χ4n) is 0.433. The van der Waals surface area contributed by atoms with Crippen molar-refractivity contribution in [3.8, 4) is 0 Å². The van der Waals surface area contributed by atoms with Gasteiger partial charge in [-0.2, -0.15) is 0 Å². The Kier molecular flexibility index (Phi) is 4.10. The van der Waals surface area contributed by atoms with Crippen LogP contribution >= 0.6 is 0 Å². The highest BCUT2D eigenvalue weighted by molar-refractivity contribution is 4.46. The van der Waals surface area contributed by atoms with Gasteiger partial charge in [-0.25, -0.2) is 0 Å². The molecule has 0 aromatic carbocycles. The van der Waals surface area contributed by atoms with Crippen LogP contribution < -0.4 is 5.32 Å². The molecule has 0 saturated carbocycles. The van der Waals surface area contributed by atoms with Crippen molar-refractivity contribution in [3.63, 3.8) is 0 Å². The van der Waals surface area contributed by atoms with Crippen molar-refractivity contribution in [2.75, 3.05) is 13.1 Å². The van der Waals surface area contributed by atoms with Crippen LogP contribution in [-0.2, 0) is 0 Å². The Hall–Kier alpha value is -0.0400. The van der Waals surface area contributed by atoms with Crippen molar-refractivity contribution in [2.24, 2.45) is 5.92 Å². The molecule has 0 bridgehead atoms. The molecule has 0 aliphatic carbocycles. The zero-order chi connectivity index (χ0) is 5.70. The molecule has 0 aliphatic rings. The molecule has 0 aromatic rings. The second kappa shape index (κ2) is 4.13. The highest BCUT2D eigenvalue weighted by Gasteiger charge is 1.86. The largest absolute Gasteiger partial charge is 0.317 e. The smallest absolute Gasteiger partial charge is 0 e. The summed E-state index contributed by atoms with van der Waals surface area (Å²) in [6.45, 7) is 8.79. The summed E-state index contributed by atoms with van der Waals surface area (Å²) >= 11 is 0. The monoisotopic (exact) mass is 103 g/mol. The SMILES string of the molecule is CCNCC(C)C.[HH]. The Balaban J connectivity index is 0. The molecule has 0 atom stereocenters. The van der Waals surface area contributed by atoms with Gasteiger partial charge in [0.1, 0.15) is 0 Å². The molecule has 0 rings (SSSR count). The van der Waals surface area contributed by atoms with Crippen molar-refractivity contribution >= 4 is 0 Å². The molecular formula is C6H17N. The van der Waals surface area contributed by atoms with Crippen LogP contribution in [0.5, 0.6) is 0 Å². The summed E-state index contributed by atoms with van der Waals surface area (Å²) in [5, 5.41) is 3.25. The van der Waals surface area contributed by atoms with Gasteiger partial charge in [0.15, 0.2) is 0 Å². The van der Waals surface area contributed by atoms with Crippen LogP contribution in [0, 0.1) is 5.92 Å². The lowest BCUT2D eigenvalue weighted by Gasteiger charge is -2.01. The lowest BCUT2D eigenvalue weighted by molar-refractivity contribution is 0.566. The topological polar surface area (TPSA) is 12.0 Å².